The molecule has 3 nitrogen and oxygen atoms in total. The molecule has 0 bridgehead atoms. The van der Waals surface area contributed by atoms with Gasteiger partial charge in [0, 0.05) is 11.1 Å². The van der Waals surface area contributed by atoms with Gasteiger partial charge in [0.25, 0.3) is 0 Å². The SMILES string of the molecule is COc1ccc(C(=O)c2ccc(F)c(N)c2)c(Cl)c1. The molecular weight excluding hydrogens is 269 g/mol. The van der Waals surface area contributed by atoms with Crippen molar-refractivity contribution in [1.82, 2.24) is 0 Å². The standard InChI is InChI=1S/C14H11ClFNO2/c1-19-9-3-4-10(11(15)7-9)14(18)8-2-5-12(16)13(17)6-8/h2-7H,17H2,1H3. The molecule has 0 heterocycles. The monoisotopic (exact) mass is 279 g/mol. The van der Waals surface area contributed by atoms with Gasteiger partial charge in [-0.25, -0.2) is 4.39 Å². The molecule has 0 atom stereocenters. The third-order valence-electron chi connectivity index (χ3n) is 2.68. The van der Waals surface area contributed by atoms with Crippen molar-refractivity contribution in [2.45, 2.75) is 0 Å². The van der Waals surface area contributed by atoms with Crippen molar-refractivity contribution in [3.05, 3.63) is 58.4 Å². The minimum atomic E-state index is -0.558. The number of carbonyl (C=O) groups excluding carboxylic acids is 1. The van der Waals surface area contributed by atoms with E-state index in [4.69, 9.17) is 22.1 Å². The van der Waals surface area contributed by atoms with E-state index in [1.54, 1.807) is 18.2 Å². The Morgan fingerprint density at radius 2 is 2.00 bits per heavy atom. The molecule has 0 aliphatic heterocycles. The summed E-state index contributed by atoms with van der Waals surface area (Å²) in [6, 6.07) is 8.55. The van der Waals surface area contributed by atoms with Crippen LogP contribution in [0.25, 0.3) is 0 Å². The molecule has 2 rings (SSSR count). The van der Waals surface area contributed by atoms with Crippen LogP contribution >= 0.6 is 11.6 Å². The molecule has 0 spiro atoms. The van der Waals surface area contributed by atoms with Crippen LogP contribution in [0.15, 0.2) is 36.4 Å². The molecule has 0 amide bonds. The molecule has 98 valence electrons. The Morgan fingerprint density at radius 3 is 2.58 bits per heavy atom. The maximum absolute atomic E-state index is 13.1. The van der Waals surface area contributed by atoms with Crippen molar-refractivity contribution in [1.29, 1.82) is 0 Å². The first kappa shape index (κ1) is 13.4. The van der Waals surface area contributed by atoms with Crippen LogP contribution in [0.4, 0.5) is 10.1 Å². The molecular formula is C14H11ClFNO2. The lowest BCUT2D eigenvalue weighted by Crippen LogP contribution is -2.04. The first-order valence-electron chi connectivity index (χ1n) is 5.46. The molecule has 2 N–H and O–H groups in total. The van der Waals surface area contributed by atoms with Crippen LogP contribution in [-0.2, 0) is 0 Å². The zero-order chi connectivity index (χ0) is 14.0. The predicted octanol–water partition coefficient (Wildman–Crippen LogP) is 3.30. The minimum Gasteiger partial charge on any atom is -0.497 e. The lowest BCUT2D eigenvalue weighted by Gasteiger charge is -2.07. The van der Waals surface area contributed by atoms with Crippen LogP contribution in [0.3, 0.4) is 0 Å². The quantitative estimate of drug-likeness (QED) is 0.693. The van der Waals surface area contributed by atoms with Crippen LogP contribution < -0.4 is 10.5 Å². The molecule has 2 aromatic carbocycles. The van der Waals surface area contributed by atoms with Gasteiger partial charge >= 0.3 is 0 Å². The Labute approximate surface area is 114 Å². The number of halogens is 2. The summed E-state index contributed by atoms with van der Waals surface area (Å²) in [4.78, 5) is 12.2. The summed E-state index contributed by atoms with van der Waals surface area (Å²) < 4.78 is 18.1. The van der Waals surface area contributed by atoms with E-state index in [1.165, 1.54) is 19.2 Å². The molecule has 0 saturated carbocycles. The van der Waals surface area contributed by atoms with E-state index in [9.17, 15) is 9.18 Å². The number of rotatable bonds is 3. The lowest BCUT2D eigenvalue weighted by molar-refractivity contribution is 0.103. The summed E-state index contributed by atoms with van der Waals surface area (Å²) in [6.07, 6.45) is 0. The predicted molar refractivity (Wildman–Crippen MR) is 72.2 cm³/mol. The maximum atomic E-state index is 13.1. The van der Waals surface area contributed by atoms with Gasteiger partial charge in [-0.15, -0.1) is 0 Å². The fraction of sp³-hybridized carbons (Fsp3) is 0.0714. The number of methoxy groups -OCH3 is 1. The van der Waals surface area contributed by atoms with Gasteiger partial charge in [-0.3, -0.25) is 4.79 Å². The van der Waals surface area contributed by atoms with E-state index >= 15 is 0 Å². The highest BCUT2D eigenvalue weighted by atomic mass is 35.5. The number of nitrogen functional groups attached to an aromatic ring is 1. The average molecular weight is 280 g/mol. The molecule has 0 unspecified atom stereocenters. The highest BCUT2D eigenvalue weighted by Crippen LogP contribution is 2.25. The van der Waals surface area contributed by atoms with Crippen LogP contribution in [0.2, 0.25) is 5.02 Å². The number of nitrogens with two attached hydrogens (primary N) is 1. The summed E-state index contributed by atoms with van der Waals surface area (Å²) in [5.74, 6) is -0.322. The van der Waals surface area contributed by atoms with Crippen molar-refractivity contribution in [3.8, 4) is 5.75 Å². The third kappa shape index (κ3) is 2.69. The van der Waals surface area contributed by atoms with E-state index in [2.05, 4.69) is 0 Å². The first-order chi connectivity index (χ1) is 9.02. The highest BCUT2D eigenvalue weighted by Gasteiger charge is 2.14. The second-order valence-corrected chi connectivity index (χ2v) is 4.32. The molecule has 5 heteroatoms. The summed E-state index contributed by atoms with van der Waals surface area (Å²) in [7, 11) is 1.51. The summed E-state index contributed by atoms with van der Waals surface area (Å²) >= 11 is 6.02. The second-order valence-electron chi connectivity index (χ2n) is 3.91. The van der Waals surface area contributed by atoms with E-state index in [0.29, 0.717) is 11.3 Å². The zero-order valence-electron chi connectivity index (χ0n) is 10.1. The van der Waals surface area contributed by atoms with Gasteiger partial charge in [0.05, 0.1) is 17.8 Å². The van der Waals surface area contributed by atoms with Crippen LogP contribution in [-0.4, -0.2) is 12.9 Å². The lowest BCUT2D eigenvalue weighted by atomic mass is 10.0. The first-order valence-corrected chi connectivity index (χ1v) is 5.84. The van der Waals surface area contributed by atoms with Gasteiger partial charge in [0.15, 0.2) is 5.78 Å². The van der Waals surface area contributed by atoms with Crippen LogP contribution in [0.1, 0.15) is 15.9 Å². The van der Waals surface area contributed by atoms with Crippen molar-refractivity contribution in [2.24, 2.45) is 0 Å². The average Bonchev–Trinajstić information content (AvgIpc) is 2.41. The molecule has 0 aliphatic carbocycles. The minimum absolute atomic E-state index is 0.0736. The van der Waals surface area contributed by atoms with Crippen molar-refractivity contribution < 1.29 is 13.9 Å². The Morgan fingerprint density at radius 1 is 1.26 bits per heavy atom. The molecule has 0 fully saturated rings. The number of ketones is 1. The summed E-state index contributed by atoms with van der Waals surface area (Å²) in [5.41, 5.74) is 5.96. The van der Waals surface area contributed by atoms with Gasteiger partial charge in [0.1, 0.15) is 11.6 Å². The number of hydrogen-bond acceptors (Lipinski definition) is 3. The Hall–Kier alpha value is -2.07. The number of hydrogen-bond donors (Lipinski definition) is 1. The molecule has 0 aromatic heterocycles. The highest BCUT2D eigenvalue weighted by molar-refractivity contribution is 6.35. The van der Waals surface area contributed by atoms with Gasteiger partial charge in [0.2, 0.25) is 0 Å². The number of benzene rings is 2. The van der Waals surface area contributed by atoms with Gasteiger partial charge < -0.3 is 10.5 Å². The Balaban J connectivity index is 2.41. The molecule has 0 aliphatic rings. The maximum Gasteiger partial charge on any atom is 0.194 e. The smallest absolute Gasteiger partial charge is 0.194 e. The number of ether oxygens (including phenoxy) is 1. The topological polar surface area (TPSA) is 52.3 Å². The Bertz CT molecular complexity index is 643. The van der Waals surface area contributed by atoms with Crippen molar-refractivity contribution in [2.75, 3.05) is 12.8 Å². The van der Waals surface area contributed by atoms with Crippen molar-refractivity contribution >= 4 is 23.1 Å². The van der Waals surface area contributed by atoms with E-state index < -0.39 is 5.82 Å². The summed E-state index contributed by atoms with van der Waals surface area (Å²) in [6.45, 7) is 0. The van der Waals surface area contributed by atoms with Crippen LogP contribution in [0, 0.1) is 5.82 Å². The van der Waals surface area contributed by atoms with Crippen LogP contribution in [0.5, 0.6) is 5.75 Å². The largest absolute Gasteiger partial charge is 0.497 e. The fourth-order valence-electron chi connectivity index (χ4n) is 1.65. The molecule has 2 aromatic rings. The summed E-state index contributed by atoms with van der Waals surface area (Å²) in [5, 5.41) is 0.271. The van der Waals surface area contributed by atoms with Gasteiger partial charge in [-0.1, -0.05) is 11.6 Å². The second kappa shape index (κ2) is 5.28. The number of anilines is 1. The van der Waals surface area contributed by atoms with E-state index in [-0.39, 0.29) is 22.1 Å². The fourth-order valence-corrected chi connectivity index (χ4v) is 1.90. The molecule has 0 radical (unpaired) electrons. The number of carbonyl (C=O) groups is 1. The van der Waals surface area contributed by atoms with E-state index in [1.807, 2.05) is 0 Å². The molecule has 19 heavy (non-hydrogen) atoms. The zero-order valence-corrected chi connectivity index (χ0v) is 10.9. The Kier molecular flexibility index (Phi) is 3.71. The van der Waals surface area contributed by atoms with Gasteiger partial charge in [-0.05, 0) is 36.4 Å². The normalized spacial score (nSPS) is 10.3. The molecule has 0 saturated heterocycles. The van der Waals surface area contributed by atoms with Gasteiger partial charge in [-0.2, -0.15) is 0 Å². The third-order valence-corrected chi connectivity index (χ3v) is 2.99. The van der Waals surface area contributed by atoms with E-state index in [0.717, 1.165) is 6.07 Å². The van der Waals surface area contributed by atoms with Crippen molar-refractivity contribution in [3.63, 3.8) is 0 Å².